The monoisotopic (exact) mass is 393 g/mol. The van der Waals surface area contributed by atoms with Crippen molar-refractivity contribution in [3.05, 3.63) is 89.5 Å². The number of rotatable bonds is 9. The summed E-state index contributed by atoms with van der Waals surface area (Å²) in [7, 11) is 4.96. The molecule has 0 bridgehead atoms. The van der Waals surface area contributed by atoms with Crippen molar-refractivity contribution in [3.8, 4) is 17.2 Å². The summed E-state index contributed by atoms with van der Waals surface area (Å²) in [6.45, 7) is 0.329. The summed E-state index contributed by atoms with van der Waals surface area (Å²) < 4.78 is 17.2. The fourth-order valence-electron chi connectivity index (χ4n) is 3.83. The molecule has 0 amide bonds. The van der Waals surface area contributed by atoms with Gasteiger partial charge >= 0.3 is 0 Å². The van der Waals surface area contributed by atoms with Crippen LogP contribution in [0, 0.1) is 0 Å². The van der Waals surface area contributed by atoms with Crippen molar-refractivity contribution in [1.82, 2.24) is 5.32 Å². The zero-order chi connectivity index (χ0) is 20.7. The first kappa shape index (κ1) is 20.7. The maximum Gasteiger partial charge on any atom is 0.124 e. The lowest BCUT2D eigenvalue weighted by atomic mass is 9.75. The molecule has 0 atom stereocenters. The molecule has 0 radical (unpaired) electrons. The maximum absolute atomic E-state index is 9.69. The molecule has 0 aliphatic carbocycles. The molecule has 152 valence electrons. The summed E-state index contributed by atoms with van der Waals surface area (Å²) in [4.78, 5) is 0. The van der Waals surface area contributed by atoms with Gasteiger partial charge in [0.15, 0.2) is 0 Å². The summed E-state index contributed by atoms with van der Waals surface area (Å²) in [6.07, 6.45) is 0. The molecule has 5 heteroatoms. The van der Waals surface area contributed by atoms with E-state index in [1.54, 1.807) is 21.3 Å². The molecule has 29 heavy (non-hydrogen) atoms. The number of aliphatic hydroxyl groups excluding tert-OH is 1. The number of benzene rings is 3. The van der Waals surface area contributed by atoms with E-state index in [9.17, 15) is 5.11 Å². The largest absolute Gasteiger partial charge is 0.496 e. The fourth-order valence-corrected chi connectivity index (χ4v) is 3.83. The van der Waals surface area contributed by atoms with Gasteiger partial charge in [-0.25, -0.2) is 0 Å². The van der Waals surface area contributed by atoms with Crippen molar-refractivity contribution in [3.63, 3.8) is 0 Å². The minimum absolute atomic E-state index is 0.0266. The van der Waals surface area contributed by atoms with Crippen LogP contribution in [0.25, 0.3) is 0 Å². The Balaban J connectivity index is 2.46. The third kappa shape index (κ3) is 3.79. The van der Waals surface area contributed by atoms with Crippen molar-refractivity contribution in [2.24, 2.45) is 0 Å². The van der Waals surface area contributed by atoms with E-state index in [1.807, 2.05) is 72.8 Å². The molecule has 0 aliphatic rings. The number of methoxy groups -OCH3 is 3. The predicted molar refractivity (Wildman–Crippen MR) is 114 cm³/mol. The summed E-state index contributed by atoms with van der Waals surface area (Å²) in [5.74, 6) is 2.15. The van der Waals surface area contributed by atoms with Crippen LogP contribution >= 0.6 is 0 Å². The first-order valence-electron chi connectivity index (χ1n) is 9.49. The Morgan fingerprint density at radius 2 is 1.00 bits per heavy atom. The van der Waals surface area contributed by atoms with E-state index in [0.29, 0.717) is 6.54 Å². The van der Waals surface area contributed by atoms with Gasteiger partial charge in [-0.3, -0.25) is 5.32 Å². The minimum Gasteiger partial charge on any atom is -0.496 e. The average Bonchev–Trinajstić information content (AvgIpc) is 2.80. The maximum atomic E-state index is 9.69. The molecular formula is C24H27NO4. The van der Waals surface area contributed by atoms with Crippen LogP contribution in [-0.2, 0) is 5.54 Å². The lowest BCUT2D eigenvalue weighted by Gasteiger charge is -2.39. The molecule has 2 N–H and O–H groups in total. The van der Waals surface area contributed by atoms with Gasteiger partial charge in [0.25, 0.3) is 0 Å². The summed E-state index contributed by atoms with van der Waals surface area (Å²) in [5, 5.41) is 13.3. The van der Waals surface area contributed by atoms with Crippen LogP contribution in [0.2, 0.25) is 0 Å². The molecule has 3 aromatic carbocycles. The number of ether oxygens (including phenoxy) is 3. The van der Waals surface area contributed by atoms with Gasteiger partial charge in [-0.15, -0.1) is 0 Å². The molecule has 0 fully saturated rings. The predicted octanol–water partition coefficient (Wildman–Crippen LogP) is 3.59. The van der Waals surface area contributed by atoms with Crippen LogP contribution < -0.4 is 19.5 Å². The number of hydrogen-bond acceptors (Lipinski definition) is 5. The van der Waals surface area contributed by atoms with Crippen LogP contribution in [0.3, 0.4) is 0 Å². The fraction of sp³-hybridized carbons (Fsp3) is 0.250. The van der Waals surface area contributed by atoms with E-state index in [2.05, 4.69) is 5.32 Å². The Bertz CT molecular complexity index is 826. The Kier molecular flexibility index (Phi) is 6.75. The van der Waals surface area contributed by atoms with Crippen molar-refractivity contribution in [2.45, 2.75) is 5.54 Å². The highest BCUT2D eigenvalue weighted by atomic mass is 16.5. The number of para-hydroxylation sites is 3. The minimum atomic E-state index is -0.880. The third-order valence-corrected chi connectivity index (χ3v) is 5.03. The zero-order valence-corrected chi connectivity index (χ0v) is 17.0. The van der Waals surface area contributed by atoms with Crippen LogP contribution in [0.15, 0.2) is 72.8 Å². The van der Waals surface area contributed by atoms with E-state index in [4.69, 9.17) is 14.2 Å². The highest BCUT2D eigenvalue weighted by molar-refractivity contribution is 5.61. The van der Waals surface area contributed by atoms with Crippen molar-refractivity contribution in [2.75, 3.05) is 34.5 Å². The van der Waals surface area contributed by atoms with Crippen molar-refractivity contribution in [1.29, 1.82) is 0 Å². The molecule has 3 rings (SSSR count). The standard InChI is InChI=1S/C24H27NO4/c1-27-21-13-7-4-10-18(21)24(25-16-17-26,19-11-5-8-14-22(19)28-2)20-12-6-9-15-23(20)29-3/h4-15,25-26H,16-17H2,1-3H3. The zero-order valence-electron chi connectivity index (χ0n) is 17.0. The van der Waals surface area contributed by atoms with E-state index in [-0.39, 0.29) is 6.61 Å². The Morgan fingerprint density at radius 1 is 0.655 bits per heavy atom. The summed E-state index contributed by atoms with van der Waals surface area (Å²) in [5.41, 5.74) is 1.80. The molecule has 0 aliphatic heterocycles. The van der Waals surface area contributed by atoms with E-state index in [0.717, 1.165) is 33.9 Å². The van der Waals surface area contributed by atoms with Gasteiger partial charge in [0.05, 0.1) is 27.9 Å². The van der Waals surface area contributed by atoms with Gasteiger partial charge in [0.2, 0.25) is 0 Å². The van der Waals surface area contributed by atoms with Gasteiger partial charge in [-0.1, -0.05) is 54.6 Å². The molecule has 0 heterocycles. The number of hydrogen-bond donors (Lipinski definition) is 2. The van der Waals surface area contributed by atoms with Gasteiger partial charge in [0.1, 0.15) is 22.8 Å². The first-order valence-corrected chi connectivity index (χ1v) is 9.49. The van der Waals surface area contributed by atoms with Crippen LogP contribution in [0.4, 0.5) is 0 Å². The normalized spacial score (nSPS) is 11.2. The van der Waals surface area contributed by atoms with Crippen molar-refractivity contribution >= 4 is 0 Å². The van der Waals surface area contributed by atoms with Gasteiger partial charge < -0.3 is 19.3 Å². The Labute approximate surface area is 171 Å². The smallest absolute Gasteiger partial charge is 0.124 e. The molecule has 5 nitrogen and oxygen atoms in total. The van der Waals surface area contributed by atoms with Crippen molar-refractivity contribution < 1.29 is 19.3 Å². The average molecular weight is 393 g/mol. The van der Waals surface area contributed by atoms with Gasteiger partial charge in [-0.05, 0) is 18.2 Å². The lowest BCUT2D eigenvalue weighted by molar-refractivity contribution is 0.271. The second-order valence-electron chi connectivity index (χ2n) is 6.50. The second kappa shape index (κ2) is 9.45. The van der Waals surface area contributed by atoms with Crippen LogP contribution in [0.5, 0.6) is 17.2 Å². The molecular weight excluding hydrogens is 366 g/mol. The highest BCUT2D eigenvalue weighted by Crippen LogP contribution is 2.47. The quantitative estimate of drug-likeness (QED) is 0.544. The highest BCUT2D eigenvalue weighted by Gasteiger charge is 2.42. The number of aliphatic hydroxyl groups is 1. The third-order valence-electron chi connectivity index (χ3n) is 5.03. The molecule has 0 saturated heterocycles. The van der Waals surface area contributed by atoms with Crippen LogP contribution in [-0.4, -0.2) is 39.6 Å². The van der Waals surface area contributed by atoms with Gasteiger partial charge in [-0.2, -0.15) is 0 Å². The molecule has 3 aromatic rings. The molecule has 0 unspecified atom stereocenters. The SMILES string of the molecule is COc1ccccc1C(NCCO)(c1ccccc1OC)c1ccccc1OC. The molecule has 0 spiro atoms. The summed E-state index contributed by atoms with van der Waals surface area (Å²) >= 11 is 0. The lowest BCUT2D eigenvalue weighted by Crippen LogP contribution is -2.46. The van der Waals surface area contributed by atoms with Crippen LogP contribution in [0.1, 0.15) is 16.7 Å². The Hall–Kier alpha value is -3.02. The first-order chi connectivity index (χ1) is 14.2. The van der Waals surface area contributed by atoms with E-state index < -0.39 is 5.54 Å². The summed E-state index contributed by atoms with van der Waals surface area (Å²) in [6, 6.07) is 23.5. The van der Waals surface area contributed by atoms with E-state index in [1.165, 1.54) is 0 Å². The van der Waals surface area contributed by atoms with E-state index >= 15 is 0 Å². The Morgan fingerprint density at radius 3 is 1.31 bits per heavy atom. The van der Waals surface area contributed by atoms with Gasteiger partial charge in [0, 0.05) is 23.2 Å². The topological polar surface area (TPSA) is 60.0 Å². The second-order valence-corrected chi connectivity index (χ2v) is 6.50. The molecule has 0 aromatic heterocycles. The number of nitrogens with one attached hydrogen (secondary N) is 1. The molecule has 0 saturated carbocycles.